The van der Waals surface area contributed by atoms with Crippen molar-refractivity contribution in [2.45, 2.75) is 13.8 Å². The summed E-state index contributed by atoms with van der Waals surface area (Å²) in [5, 5.41) is 0.428. The number of carbonyl (C=O) groups is 1. The summed E-state index contributed by atoms with van der Waals surface area (Å²) >= 11 is 5.84. The van der Waals surface area contributed by atoms with Gasteiger partial charge in [0.05, 0.1) is 0 Å². The monoisotopic (exact) mass is 195 g/mol. The van der Waals surface area contributed by atoms with Crippen LogP contribution in [0.25, 0.3) is 6.08 Å². The van der Waals surface area contributed by atoms with Crippen LogP contribution in [0.5, 0.6) is 0 Å². The smallest absolute Gasteiger partial charge is 0.152 e. The quantitative estimate of drug-likeness (QED) is 0.537. The number of hydrogen-bond donors (Lipinski definition) is 0. The van der Waals surface area contributed by atoms with Gasteiger partial charge in [-0.3, -0.25) is 4.79 Å². The van der Waals surface area contributed by atoms with Crippen LogP contribution in [0, 0.1) is 6.92 Å². The van der Waals surface area contributed by atoms with Gasteiger partial charge < -0.3 is 0 Å². The summed E-state index contributed by atoms with van der Waals surface area (Å²) in [5.41, 5.74) is 1.63. The van der Waals surface area contributed by atoms with Crippen LogP contribution >= 0.6 is 11.6 Å². The number of nitrogens with zero attached hydrogens (tertiary/aromatic N) is 1. The predicted molar refractivity (Wildman–Crippen MR) is 53.7 cm³/mol. The van der Waals surface area contributed by atoms with Gasteiger partial charge in [0.1, 0.15) is 5.15 Å². The van der Waals surface area contributed by atoms with Crippen molar-refractivity contribution in [1.82, 2.24) is 4.98 Å². The number of ketones is 1. The Bertz CT molecular complexity index is 358. The minimum atomic E-state index is -0.00311. The molecular weight excluding hydrogens is 186 g/mol. The molecule has 1 aromatic rings. The second kappa shape index (κ2) is 4.19. The first kappa shape index (κ1) is 9.93. The van der Waals surface area contributed by atoms with Crippen molar-refractivity contribution in [3.63, 3.8) is 0 Å². The van der Waals surface area contributed by atoms with E-state index in [0.29, 0.717) is 5.15 Å². The van der Waals surface area contributed by atoms with Crippen molar-refractivity contribution in [3.05, 3.63) is 34.6 Å². The van der Waals surface area contributed by atoms with E-state index < -0.39 is 0 Å². The number of hydrogen-bond acceptors (Lipinski definition) is 2. The molecule has 0 aliphatic rings. The SMILES string of the molecule is CC(=O)/C=C/c1ccc(C)nc1Cl. The van der Waals surface area contributed by atoms with Crippen LogP contribution in [0.2, 0.25) is 5.15 Å². The van der Waals surface area contributed by atoms with Crippen molar-refractivity contribution >= 4 is 23.5 Å². The van der Waals surface area contributed by atoms with E-state index in [1.807, 2.05) is 19.1 Å². The van der Waals surface area contributed by atoms with E-state index in [4.69, 9.17) is 11.6 Å². The van der Waals surface area contributed by atoms with Crippen LogP contribution in [-0.4, -0.2) is 10.8 Å². The van der Waals surface area contributed by atoms with Crippen LogP contribution in [0.15, 0.2) is 18.2 Å². The minimum Gasteiger partial charge on any atom is -0.295 e. The maximum atomic E-state index is 10.6. The Morgan fingerprint density at radius 2 is 2.23 bits per heavy atom. The fourth-order valence-corrected chi connectivity index (χ4v) is 1.13. The second-order valence-corrected chi connectivity index (χ2v) is 3.13. The van der Waals surface area contributed by atoms with Gasteiger partial charge in [0.25, 0.3) is 0 Å². The Morgan fingerprint density at radius 1 is 1.54 bits per heavy atom. The zero-order chi connectivity index (χ0) is 9.84. The number of allylic oxidation sites excluding steroid dienone is 1. The summed E-state index contributed by atoms with van der Waals surface area (Å²) in [6, 6.07) is 3.69. The molecule has 0 unspecified atom stereocenters. The highest BCUT2D eigenvalue weighted by molar-refractivity contribution is 6.30. The Hall–Kier alpha value is -1.15. The van der Waals surface area contributed by atoms with Gasteiger partial charge in [0.15, 0.2) is 5.78 Å². The maximum absolute atomic E-state index is 10.6. The summed E-state index contributed by atoms with van der Waals surface area (Å²) in [4.78, 5) is 14.7. The van der Waals surface area contributed by atoms with Crippen LogP contribution in [0.4, 0.5) is 0 Å². The van der Waals surface area contributed by atoms with Gasteiger partial charge in [0, 0.05) is 11.3 Å². The Morgan fingerprint density at radius 3 is 2.77 bits per heavy atom. The lowest BCUT2D eigenvalue weighted by molar-refractivity contribution is -0.112. The van der Waals surface area contributed by atoms with Gasteiger partial charge in [-0.2, -0.15) is 0 Å². The first-order chi connectivity index (χ1) is 6.09. The molecule has 0 spiro atoms. The number of rotatable bonds is 2. The van der Waals surface area contributed by atoms with Crippen LogP contribution in [-0.2, 0) is 4.79 Å². The zero-order valence-electron chi connectivity index (χ0n) is 7.54. The molecule has 0 saturated carbocycles. The van der Waals surface area contributed by atoms with Crippen LogP contribution in [0.1, 0.15) is 18.2 Å². The molecule has 3 heteroatoms. The third-order valence-electron chi connectivity index (χ3n) is 1.51. The molecule has 0 radical (unpaired) electrons. The highest BCUT2D eigenvalue weighted by atomic mass is 35.5. The number of aryl methyl sites for hydroxylation is 1. The molecule has 0 bridgehead atoms. The van der Waals surface area contributed by atoms with Gasteiger partial charge in [-0.25, -0.2) is 4.98 Å². The third-order valence-corrected chi connectivity index (χ3v) is 1.82. The molecule has 0 atom stereocenters. The molecule has 0 fully saturated rings. The molecule has 0 N–H and O–H groups in total. The van der Waals surface area contributed by atoms with Crippen LogP contribution < -0.4 is 0 Å². The van der Waals surface area contributed by atoms with Gasteiger partial charge >= 0.3 is 0 Å². The number of pyridine rings is 1. The average molecular weight is 196 g/mol. The maximum Gasteiger partial charge on any atom is 0.152 e. The molecule has 1 heterocycles. The lowest BCUT2D eigenvalue weighted by atomic mass is 10.2. The van der Waals surface area contributed by atoms with E-state index in [9.17, 15) is 4.79 Å². The predicted octanol–water partition coefficient (Wildman–Crippen LogP) is 2.65. The van der Waals surface area contributed by atoms with Crippen molar-refractivity contribution < 1.29 is 4.79 Å². The van der Waals surface area contributed by atoms with Gasteiger partial charge in [-0.15, -0.1) is 0 Å². The molecule has 0 aromatic carbocycles. The third kappa shape index (κ3) is 2.99. The molecule has 0 aliphatic heterocycles. The summed E-state index contributed by atoms with van der Waals surface area (Å²) in [7, 11) is 0. The fourth-order valence-electron chi connectivity index (χ4n) is 0.867. The molecule has 1 aromatic heterocycles. The Kier molecular flexibility index (Phi) is 3.20. The first-order valence-corrected chi connectivity index (χ1v) is 4.29. The molecule has 0 saturated heterocycles. The zero-order valence-corrected chi connectivity index (χ0v) is 8.30. The summed E-state index contributed by atoms with van der Waals surface area (Å²) < 4.78 is 0. The summed E-state index contributed by atoms with van der Waals surface area (Å²) in [6.07, 6.45) is 3.13. The van der Waals surface area contributed by atoms with E-state index >= 15 is 0 Å². The van der Waals surface area contributed by atoms with Crippen molar-refractivity contribution in [2.24, 2.45) is 0 Å². The van der Waals surface area contributed by atoms with Crippen molar-refractivity contribution in [3.8, 4) is 0 Å². The number of carbonyl (C=O) groups excluding carboxylic acids is 1. The normalized spacial score (nSPS) is 10.7. The largest absolute Gasteiger partial charge is 0.295 e. The van der Waals surface area contributed by atoms with Crippen molar-refractivity contribution in [1.29, 1.82) is 0 Å². The minimum absolute atomic E-state index is 0.00311. The second-order valence-electron chi connectivity index (χ2n) is 2.78. The van der Waals surface area contributed by atoms with E-state index in [2.05, 4.69) is 4.98 Å². The van der Waals surface area contributed by atoms with E-state index in [1.54, 1.807) is 6.08 Å². The molecule has 2 nitrogen and oxygen atoms in total. The Balaban J connectivity index is 2.96. The summed E-state index contributed by atoms with van der Waals surface area (Å²) in [5.74, 6) is -0.00311. The molecule has 68 valence electrons. The highest BCUT2D eigenvalue weighted by Crippen LogP contribution is 2.14. The molecule has 0 aliphatic carbocycles. The molecule has 13 heavy (non-hydrogen) atoms. The van der Waals surface area contributed by atoms with Crippen molar-refractivity contribution in [2.75, 3.05) is 0 Å². The van der Waals surface area contributed by atoms with Gasteiger partial charge in [-0.1, -0.05) is 17.7 Å². The molecular formula is C10H10ClNO. The topological polar surface area (TPSA) is 30.0 Å². The van der Waals surface area contributed by atoms with E-state index in [0.717, 1.165) is 11.3 Å². The number of halogens is 1. The number of aromatic nitrogens is 1. The van der Waals surface area contributed by atoms with E-state index in [-0.39, 0.29) is 5.78 Å². The standard InChI is InChI=1S/C10H10ClNO/c1-7-3-5-9(10(11)12-7)6-4-8(2)13/h3-6H,1-2H3/b6-4+. The Labute approximate surface area is 82.3 Å². The van der Waals surface area contributed by atoms with Gasteiger partial charge in [-0.05, 0) is 32.1 Å². The molecule has 0 amide bonds. The highest BCUT2D eigenvalue weighted by Gasteiger charge is 1.97. The lowest BCUT2D eigenvalue weighted by Gasteiger charge is -1.97. The summed E-state index contributed by atoms with van der Waals surface area (Å²) in [6.45, 7) is 3.36. The first-order valence-electron chi connectivity index (χ1n) is 3.91. The van der Waals surface area contributed by atoms with E-state index in [1.165, 1.54) is 13.0 Å². The van der Waals surface area contributed by atoms with Crippen LogP contribution in [0.3, 0.4) is 0 Å². The fraction of sp³-hybridized carbons (Fsp3) is 0.200. The lowest BCUT2D eigenvalue weighted by Crippen LogP contribution is -1.86. The molecule has 1 rings (SSSR count). The van der Waals surface area contributed by atoms with Gasteiger partial charge in [0.2, 0.25) is 0 Å². The average Bonchev–Trinajstić information content (AvgIpc) is 2.02.